The van der Waals surface area contributed by atoms with Crippen molar-refractivity contribution in [2.45, 2.75) is 38.6 Å². The Kier molecular flexibility index (Phi) is 5.34. The third-order valence-corrected chi connectivity index (χ3v) is 6.39. The van der Waals surface area contributed by atoms with Gasteiger partial charge in [-0.15, -0.1) is 0 Å². The number of fused-ring (bicyclic) bond motifs is 4. The van der Waals surface area contributed by atoms with E-state index >= 15 is 0 Å². The maximum absolute atomic E-state index is 14.9. The van der Waals surface area contributed by atoms with Crippen LogP contribution < -0.4 is 10.5 Å². The van der Waals surface area contributed by atoms with Crippen LogP contribution in [0.4, 0.5) is 14.6 Å². The number of benzene rings is 2. The van der Waals surface area contributed by atoms with E-state index in [4.69, 9.17) is 10.5 Å². The largest absolute Gasteiger partial charge is 0.491 e. The summed E-state index contributed by atoms with van der Waals surface area (Å²) in [6, 6.07) is 5.30. The summed E-state index contributed by atoms with van der Waals surface area (Å²) in [6.45, 7) is 4.18. The smallest absolute Gasteiger partial charge is 0.257 e. The molecule has 176 valence electrons. The molecule has 2 aromatic carbocycles. The highest BCUT2D eigenvalue weighted by atomic mass is 19.1. The number of likely N-dealkylation sites (N-methyl/N-ethyl adjacent to an activating group) is 1. The van der Waals surface area contributed by atoms with Crippen LogP contribution in [0.3, 0.4) is 0 Å². The molecule has 1 saturated carbocycles. The Labute approximate surface area is 195 Å². The quantitative estimate of drug-likeness (QED) is 0.467. The summed E-state index contributed by atoms with van der Waals surface area (Å²) in [5, 5.41) is 0. The molecule has 1 unspecified atom stereocenters. The van der Waals surface area contributed by atoms with Gasteiger partial charge in [0.1, 0.15) is 35.3 Å². The normalized spacial score (nSPS) is 16.7. The number of hydrogen-bond acceptors (Lipinski definition) is 5. The molecule has 1 aliphatic carbocycles. The second kappa shape index (κ2) is 8.23. The number of hydrogen-bond donors (Lipinski definition) is 1. The van der Waals surface area contributed by atoms with Gasteiger partial charge in [-0.25, -0.2) is 18.7 Å². The van der Waals surface area contributed by atoms with Gasteiger partial charge in [0.25, 0.3) is 5.91 Å². The Morgan fingerprint density at radius 2 is 1.88 bits per heavy atom. The molecule has 0 saturated heterocycles. The number of amides is 1. The van der Waals surface area contributed by atoms with Crippen molar-refractivity contribution in [2.75, 3.05) is 19.4 Å². The molecule has 0 spiro atoms. The van der Waals surface area contributed by atoms with Gasteiger partial charge in [-0.3, -0.25) is 9.20 Å². The van der Waals surface area contributed by atoms with Crippen molar-refractivity contribution in [1.29, 1.82) is 0 Å². The average molecular weight is 466 g/mol. The molecule has 1 amide bonds. The van der Waals surface area contributed by atoms with Gasteiger partial charge in [0.2, 0.25) is 0 Å². The van der Waals surface area contributed by atoms with E-state index in [1.807, 2.05) is 13.8 Å². The second-order valence-electron chi connectivity index (χ2n) is 8.40. The van der Waals surface area contributed by atoms with Gasteiger partial charge >= 0.3 is 0 Å². The maximum atomic E-state index is 14.9. The minimum atomic E-state index is -0.713. The summed E-state index contributed by atoms with van der Waals surface area (Å²) in [4.78, 5) is 23.0. The first-order valence-corrected chi connectivity index (χ1v) is 11.4. The Bertz CT molecular complexity index is 1430. The Morgan fingerprint density at radius 3 is 2.62 bits per heavy atom. The Hall–Kier alpha value is -3.75. The fourth-order valence-electron chi connectivity index (χ4n) is 4.45. The number of nitrogens with two attached hydrogens (primary N) is 1. The summed E-state index contributed by atoms with van der Waals surface area (Å²) in [5.74, 6) is -0.491. The summed E-state index contributed by atoms with van der Waals surface area (Å²) in [7, 11) is 1.57. The van der Waals surface area contributed by atoms with Crippen LogP contribution in [-0.2, 0) is 0 Å². The molecule has 34 heavy (non-hydrogen) atoms. The van der Waals surface area contributed by atoms with E-state index in [0.29, 0.717) is 33.4 Å². The number of nitrogen functional groups attached to an aromatic ring is 1. The highest BCUT2D eigenvalue weighted by Crippen LogP contribution is 2.46. The first-order chi connectivity index (χ1) is 16.4. The van der Waals surface area contributed by atoms with Crippen molar-refractivity contribution in [1.82, 2.24) is 19.3 Å². The molecular weight excluding hydrogens is 440 g/mol. The van der Waals surface area contributed by atoms with Gasteiger partial charge in [-0.2, -0.15) is 0 Å². The van der Waals surface area contributed by atoms with Crippen LogP contribution in [-0.4, -0.2) is 38.8 Å². The SMILES string of the molecule is CC.CN(C(=O)c1cc2c(cc1F)nc(N)c1cncn12)C1COc2cc(C3CC3)c(F)cc21. The molecule has 2 aromatic heterocycles. The van der Waals surface area contributed by atoms with Gasteiger partial charge in [-0.1, -0.05) is 13.8 Å². The van der Waals surface area contributed by atoms with E-state index in [9.17, 15) is 13.6 Å². The molecule has 0 bridgehead atoms. The van der Waals surface area contributed by atoms with Crippen molar-refractivity contribution in [3.05, 3.63) is 65.1 Å². The lowest BCUT2D eigenvalue weighted by molar-refractivity contribution is 0.0704. The van der Waals surface area contributed by atoms with Gasteiger partial charge in [0, 0.05) is 18.7 Å². The summed E-state index contributed by atoms with van der Waals surface area (Å²) < 4.78 is 37.0. The zero-order chi connectivity index (χ0) is 24.1. The number of halogens is 2. The van der Waals surface area contributed by atoms with Crippen LogP contribution in [0.1, 0.15) is 60.1 Å². The molecule has 1 aliphatic heterocycles. The van der Waals surface area contributed by atoms with Crippen molar-refractivity contribution in [3.63, 3.8) is 0 Å². The lowest BCUT2D eigenvalue weighted by Crippen LogP contribution is -2.32. The van der Waals surface area contributed by atoms with Gasteiger partial charge in [-0.05, 0) is 42.5 Å². The Morgan fingerprint density at radius 1 is 1.12 bits per heavy atom. The summed E-state index contributed by atoms with van der Waals surface area (Å²) in [5.41, 5.74) is 8.44. The molecule has 1 fully saturated rings. The first-order valence-electron chi connectivity index (χ1n) is 11.4. The molecule has 3 heterocycles. The predicted octanol–water partition coefficient (Wildman–Crippen LogP) is 4.85. The van der Waals surface area contributed by atoms with Crippen LogP contribution in [0.5, 0.6) is 5.75 Å². The highest BCUT2D eigenvalue weighted by Gasteiger charge is 2.35. The molecule has 2 N–H and O–H groups in total. The van der Waals surface area contributed by atoms with E-state index in [1.165, 1.54) is 29.4 Å². The molecule has 7 nitrogen and oxygen atoms in total. The Balaban J connectivity index is 0.00000117. The zero-order valence-electron chi connectivity index (χ0n) is 19.2. The highest BCUT2D eigenvalue weighted by molar-refractivity contribution is 5.98. The lowest BCUT2D eigenvalue weighted by Gasteiger charge is -2.24. The number of aromatic nitrogens is 3. The van der Waals surface area contributed by atoms with Crippen molar-refractivity contribution < 1.29 is 18.3 Å². The number of anilines is 1. The van der Waals surface area contributed by atoms with Gasteiger partial charge < -0.3 is 15.4 Å². The maximum Gasteiger partial charge on any atom is 0.257 e. The van der Waals surface area contributed by atoms with Crippen molar-refractivity contribution in [2.24, 2.45) is 0 Å². The summed E-state index contributed by atoms with van der Waals surface area (Å²) in [6.07, 6.45) is 5.04. The predicted molar refractivity (Wildman–Crippen MR) is 125 cm³/mol. The van der Waals surface area contributed by atoms with E-state index in [-0.39, 0.29) is 29.7 Å². The molecule has 4 aromatic rings. The third-order valence-electron chi connectivity index (χ3n) is 6.39. The number of ether oxygens (including phenoxy) is 1. The fourth-order valence-corrected chi connectivity index (χ4v) is 4.45. The van der Waals surface area contributed by atoms with E-state index in [0.717, 1.165) is 12.8 Å². The topological polar surface area (TPSA) is 85.8 Å². The minimum Gasteiger partial charge on any atom is -0.491 e. The van der Waals surface area contributed by atoms with E-state index in [2.05, 4.69) is 9.97 Å². The van der Waals surface area contributed by atoms with E-state index in [1.54, 1.807) is 23.7 Å². The van der Waals surface area contributed by atoms with Crippen molar-refractivity contribution in [3.8, 4) is 5.75 Å². The second-order valence-corrected chi connectivity index (χ2v) is 8.40. The number of nitrogens with zero attached hydrogens (tertiary/aromatic N) is 4. The number of rotatable bonds is 3. The van der Waals surface area contributed by atoms with Gasteiger partial charge in [0.15, 0.2) is 0 Å². The number of carbonyl (C=O) groups excluding carboxylic acids is 1. The van der Waals surface area contributed by atoms with Crippen LogP contribution in [0.2, 0.25) is 0 Å². The standard InChI is InChI=1S/C23H19F2N5O2.C2H6/c1-29(20-9-32-21-6-12(11-2-3-11)15(24)4-14(20)21)23(31)13-5-18-17(7-16(13)25)28-22(26)19-8-27-10-30(18)19;1-2/h4-8,10-11,20H,2-3,9H2,1H3,(H2,26,28);1-2H3. The minimum absolute atomic E-state index is 0.120. The van der Waals surface area contributed by atoms with Crippen LogP contribution in [0.15, 0.2) is 36.8 Å². The first kappa shape index (κ1) is 22.1. The van der Waals surface area contributed by atoms with Gasteiger partial charge in [0.05, 0.1) is 35.2 Å². The number of imidazole rings is 1. The molecule has 1 atom stereocenters. The van der Waals surface area contributed by atoms with Crippen LogP contribution >= 0.6 is 0 Å². The van der Waals surface area contributed by atoms with Crippen molar-refractivity contribution >= 4 is 28.3 Å². The molecule has 0 radical (unpaired) electrons. The van der Waals surface area contributed by atoms with Crippen LogP contribution in [0, 0.1) is 11.6 Å². The van der Waals surface area contributed by atoms with Crippen LogP contribution in [0.25, 0.3) is 16.6 Å². The fraction of sp³-hybridized carbons (Fsp3) is 0.320. The lowest BCUT2D eigenvalue weighted by atomic mass is 10.0. The molecule has 6 rings (SSSR count). The average Bonchev–Trinajstić information content (AvgIpc) is 3.40. The van der Waals surface area contributed by atoms with E-state index < -0.39 is 17.8 Å². The molecule has 2 aliphatic rings. The zero-order valence-corrected chi connectivity index (χ0v) is 19.2. The molecule has 9 heteroatoms. The third kappa shape index (κ3) is 3.43. The summed E-state index contributed by atoms with van der Waals surface area (Å²) >= 11 is 0. The monoisotopic (exact) mass is 465 g/mol. The number of carbonyl (C=O) groups is 1. The molecular formula is C25H25F2N5O2.